The fraction of sp³-hybridized carbons (Fsp3) is 0.650. The standard InChI is InChI=1S/C20H32FNO/c1-3-5-6-7-11-14-18(4-2)20(22,15-16-21)19(23)17-12-9-8-10-13-17/h8-10,12-13,18H,3-7,11,14-16,22H2,1-2H3. The average molecular weight is 321 g/mol. The third-order valence-corrected chi connectivity index (χ3v) is 4.84. The minimum atomic E-state index is -1.09. The lowest BCUT2D eigenvalue weighted by Crippen LogP contribution is -2.54. The highest BCUT2D eigenvalue weighted by Gasteiger charge is 2.40. The number of carbonyl (C=O) groups excluding carboxylic acids is 1. The Kier molecular flexibility index (Phi) is 9.08. The zero-order valence-electron chi connectivity index (χ0n) is 14.7. The lowest BCUT2D eigenvalue weighted by Gasteiger charge is -2.35. The van der Waals surface area contributed by atoms with Crippen molar-refractivity contribution < 1.29 is 9.18 Å². The van der Waals surface area contributed by atoms with Crippen LogP contribution < -0.4 is 5.73 Å². The highest BCUT2D eigenvalue weighted by atomic mass is 19.1. The van der Waals surface area contributed by atoms with Crippen LogP contribution in [0.5, 0.6) is 0 Å². The second kappa shape index (κ2) is 10.5. The monoisotopic (exact) mass is 321 g/mol. The Bertz CT molecular complexity index is 448. The molecule has 0 heterocycles. The van der Waals surface area contributed by atoms with Crippen molar-refractivity contribution in [1.29, 1.82) is 0 Å². The summed E-state index contributed by atoms with van der Waals surface area (Å²) >= 11 is 0. The van der Waals surface area contributed by atoms with Crippen LogP contribution in [0.2, 0.25) is 0 Å². The molecule has 2 nitrogen and oxygen atoms in total. The number of benzene rings is 1. The lowest BCUT2D eigenvalue weighted by molar-refractivity contribution is 0.0782. The number of carbonyl (C=O) groups is 1. The minimum Gasteiger partial charge on any atom is -0.318 e. The Morgan fingerprint density at radius 3 is 2.35 bits per heavy atom. The van der Waals surface area contributed by atoms with E-state index in [2.05, 4.69) is 13.8 Å². The largest absolute Gasteiger partial charge is 0.318 e. The zero-order chi connectivity index (χ0) is 17.1. The van der Waals surface area contributed by atoms with Gasteiger partial charge in [0.05, 0.1) is 12.2 Å². The van der Waals surface area contributed by atoms with E-state index in [9.17, 15) is 9.18 Å². The molecular weight excluding hydrogens is 289 g/mol. The summed E-state index contributed by atoms with van der Waals surface area (Å²) in [7, 11) is 0. The van der Waals surface area contributed by atoms with E-state index < -0.39 is 12.2 Å². The first kappa shape index (κ1) is 19.8. The fourth-order valence-electron chi connectivity index (χ4n) is 3.34. The molecule has 1 aromatic carbocycles. The fourth-order valence-corrected chi connectivity index (χ4v) is 3.34. The van der Waals surface area contributed by atoms with E-state index in [-0.39, 0.29) is 18.1 Å². The first-order valence-electron chi connectivity index (χ1n) is 9.04. The summed E-state index contributed by atoms with van der Waals surface area (Å²) in [4.78, 5) is 12.9. The molecule has 23 heavy (non-hydrogen) atoms. The second-order valence-corrected chi connectivity index (χ2v) is 6.48. The summed E-state index contributed by atoms with van der Waals surface area (Å²) in [6.45, 7) is 3.69. The first-order valence-corrected chi connectivity index (χ1v) is 9.04. The van der Waals surface area contributed by atoms with E-state index in [1.165, 1.54) is 19.3 Å². The van der Waals surface area contributed by atoms with Crippen molar-refractivity contribution >= 4 is 5.78 Å². The Hall–Kier alpha value is -1.22. The topological polar surface area (TPSA) is 43.1 Å². The van der Waals surface area contributed by atoms with Crippen molar-refractivity contribution in [1.82, 2.24) is 0 Å². The van der Waals surface area contributed by atoms with Crippen LogP contribution in [0.25, 0.3) is 0 Å². The molecule has 0 amide bonds. The molecule has 130 valence electrons. The normalized spacial score (nSPS) is 15.1. The number of Topliss-reactive ketones (excluding diaryl/α,β-unsaturated/α-hetero) is 1. The van der Waals surface area contributed by atoms with Crippen LogP contribution >= 0.6 is 0 Å². The molecule has 0 aliphatic carbocycles. The van der Waals surface area contributed by atoms with Gasteiger partial charge in [0.1, 0.15) is 0 Å². The number of ketones is 1. The molecule has 0 aliphatic rings. The molecule has 0 aliphatic heterocycles. The Morgan fingerprint density at radius 2 is 1.78 bits per heavy atom. The van der Waals surface area contributed by atoms with Gasteiger partial charge in [0, 0.05) is 12.0 Å². The van der Waals surface area contributed by atoms with Gasteiger partial charge in [0.2, 0.25) is 0 Å². The van der Waals surface area contributed by atoms with Crippen molar-refractivity contribution in [3.05, 3.63) is 35.9 Å². The van der Waals surface area contributed by atoms with Gasteiger partial charge in [0.15, 0.2) is 5.78 Å². The minimum absolute atomic E-state index is 0.0348. The van der Waals surface area contributed by atoms with E-state index in [0.29, 0.717) is 5.56 Å². The molecule has 2 N–H and O–H groups in total. The summed E-state index contributed by atoms with van der Waals surface area (Å²) in [6, 6.07) is 9.07. The Balaban J connectivity index is 2.80. The number of alkyl halides is 1. The Morgan fingerprint density at radius 1 is 1.13 bits per heavy atom. The maximum absolute atomic E-state index is 13.1. The predicted octanol–water partition coefficient (Wildman–Crippen LogP) is 5.31. The Labute approximate surface area is 140 Å². The number of hydrogen-bond acceptors (Lipinski definition) is 2. The van der Waals surface area contributed by atoms with Gasteiger partial charge < -0.3 is 5.73 Å². The van der Waals surface area contributed by atoms with Crippen LogP contribution in [-0.2, 0) is 0 Å². The zero-order valence-corrected chi connectivity index (χ0v) is 14.7. The van der Waals surface area contributed by atoms with Crippen LogP contribution in [0.1, 0.15) is 75.6 Å². The summed E-state index contributed by atoms with van der Waals surface area (Å²) in [5.74, 6) is -0.0799. The highest BCUT2D eigenvalue weighted by molar-refractivity contribution is 6.03. The van der Waals surface area contributed by atoms with Crippen LogP contribution in [0.15, 0.2) is 30.3 Å². The van der Waals surface area contributed by atoms with Crippen molar-refractivity contribution in [2.24, 2.45) is 11.7 Å². The van der Waals surface area contributed by atoms with Gasteiger partial charge in [-0.25, -0.2) is 0 Å². The average Bonchev–Trinajstić information content (AvgIpc) is 2.58. The molecule has 0 aromatic heterocycles. The molecule has 0 fully saturated rings. The number of nitrogens with two attached hydrogens (primary N) is 1. The molecule has 0 saturated heterocycles. The molecule has 3 heteroatoms. The van der Waals surface area contributed by atoms with Crippen molar-refractivity contribution in [3.63, 3.8) is 0 Å². The van der Waals surface area contributed by atoms with Gasteiger partial charge in [-0.3, -0.25) is 9.18 Å². The van der Waals surface area contributed by atoms with E-state index in [1.807, 2.05) is 18.2 Å². The first-order chi connectivity index (χ1) is 11.1. The van der Waals surface area contributed by atoms with Gasteiger partial charge in [-0.05, 0) is 12.3 Å². The summed E-state index contributed by atoms with van der Waals surface area (Å²) < 4.78 is 13.1. The smallest absolute Gasteiger partial charge is 0.183 e. The number of rotatable bonds is 12. The van der Waals surface area contributed by atoms with Gasteiger partial charge in [-0.15, -0.1) is 0 Å². The SMILES string of the molecule is CCCCCCCC(CC)C(N)(CCF)C(=O)c1ccccc1. The van der Waals surface area contributed by atoms with Crippen molar-refractivity contribution in [3.8, 4) is 0 Å². The third kappa shape index (κ3) is 5.72. The van der Waals surface area contributed by atoms with E-state index in [4.69, 9.17) is 5.73 Å². The number of hydrogen-bond donors (Lipinski definition) is 1. The number of unbranched alkanes of at least 4 members (excludes halogenated alkanes) is 4. The van der Waals surface area contributed by atoms with Gasteiger partial charge in [-0.2, -0.15) is 0 Å². The maximum Gasteiger partial charge on any atom is 0.183 e. The summed E-state index contributed by atoms with van der Waals surface area (Å²) in [5, 5.41) is 0. The highest BCUT2D eigenvalue weighted by Crippen LogP contribution is 2.31. The van der Waals surface area contributed by atoms with Gasteiger partial charge in [-0.1, -0.05) is 82.7 Å². The molecular formula is C20H32FNO. The predicted molar refractivity (Wildman–Crippen MR) is 95.4 cm³/mol. The van der Waals surface area contributed by atoms with E-state index in [0.717, 1.165) is 25.7 Å². The quantitative estimate of drug-likeness (QED) is 0.418. The molecule has 1 rings (SSSR count). The lowest BCUT2D eigenvalue weighted by atomic mass is 9.73. The molecule has 0 saturated carbocycles. The third-order valence-electron chi connectivity index (χ3n) is 4.84. The second-order valence-electron chi connectivity index (χ2n) is 6.48. The van der Waals surface area contributed by atoms with Crippen LogP contribution in [0.4, 0.5) is 4.39 Å². The molecule has 2 atom stereocenters. The van der Waals surface area contributed by atoms with Gasteiger partial charge >= 0.3 is 0 Å². The van der Waals surface area contributed by atoms with E-state index >= 15 is 0 Å². The van der Waals surface area contributed by atoms with Crippen molar-refractivity contribution in [2.75, 3.05) is 6.67 Å². The van der Waals surface area contributed by atoms with E-state index in [1.54, 1.807) is 12.1 Å². The molecule has 0 bridgehead atoms. The molecule has 2 unspecified atom stereocenters. The van der Waals surface area contributed by atoms with Crippen molar-refractivity contribution in [2.45, 2.75) is 70.8 Å². The van der Waals surface area contributed by atoms with Crippen LogP contribution in [-0.4, -0.2) is 18.0 Å². The summed E-state index contributed by atoms with van der Waals surface area (Å²) in [5.41, 5.74) is 5.99. The maximum atomic E-state index is 13.1. The number of halogens is 1. The van der Waals surface area contributed by atoms with Crippen LogP contribution in [0, 0.1) is 5.92 Å². The van der Waals surface area contributed by atoms with Gasteiger partial charge in [0.25, 0.3) is 0 Å². The molecule has 0 radical (unpaired) electrons. The summed E-state index contributed by atoms with van der Waals surface area (Å²) in [6.07, 6.45) is 7.72. The molecule has 1 aromatic rings. The molecule has 0 spiro atoms. The van der Waals surface area contributed by atoms with Crippen LogP contribution in [0.3, 0.4) is 0 Å².